The van der Waals surface area contributed by atoms with Gasteiger partial charge in [-0.25, -0.2) is 15.0 Å². The molecule has 3 aromatic rings. The van der Waals surface area contributed by atoms with Crippen LogP contribution in [0, 0.1) is 0 Å². The van der Waals surface area contributed by atoms with Crippen molar-refractivity contribution >= 4 is 0 Å². The van der Waals surface area contributed by atoms with Gasteiger partial charge in [-0.3, -0.25) is 4.57 Å². The highest BCUT2D eigenvalue weighted by atomic mass is 16.6. The molecule has 3 heterocycles. The van der Waals surface area contributed by atoms with Gasteiger partial charge in [-0.05, 0) is 24.3 Å². The van der Waals surface area contributed by atoms with E-state index in [4.69, 9.17) is 9.47 Å². The van der Waals surface area contributed by atoms with E-state index in [2.05, 4.69) is 15.0 Å². The van der Waals surface area contributed by atoms with E-state index in [1.807, 2.05) is 35.0 Å². The zero-order valence-corrected chi connectivity index (χ0v) is 11.1. The molecule has 0 radical (unpaired) electrons. The topological polar surface area (TPSA) is 62.1 Å². The number of fused-ring (bicyclic) bond motifs is 1. The van der Waals surface area contributed by atoms with Crippen LogP contribution in [0.15, 0.2) is 49.2 Å². The van der Waals surface area contributed by atoms with Gasteiger partial charge in [0.2, 0.25) is 0 Å². The Morgan fingerprint density at radius 3 is 2.71 bits per heavy atom. The van der Waals surface area contributed by atoms with Gasteiger partial charge in [-0.1, -0.05) is 0 Å². The summed E-state index contributed by atoms with van der Waals surface area (Å²) in [6.45, 7) is 1.15. The van der Waals surface area contributed by atoms with Crippen molar-refractivity contribution in [2.24, 2.45) is 0 Å². The van der Waals surface area contributed by atoms with Gasteiger partial charge in [-0.15, -0.1) is 0 Å². The molecule has 1 aliphatic heterocycles. The SMILES string of the molecule is c1cc(-n2ccnc2-c2ccc3c(c2)OCCO3)ncn1. The molecule has 104 valence electrons. The summed E-state index contributed by atoms with van der Waals surface area (Å²) in [6, 6.07) is 7.65. The summed E-state index contributed by atoms with van der Waals surface area (Å²) in [7, 11) is 0. The molecular weight excluding hydrogens is 268 g/mol. The van der Waals surface area contributed by atoms with Crippen LogP contribution in [0.5, 0.6) is 11.5 Å². The van der Waals surface area contributed by atoms with E-state index in [0.717, 1.165) is 28.7 Å². The summed E-state index contributed by atoms with van der Waals surface area (Å²) in [5.74, 6) is 3.08. The van der Waals surface area contributed by atoms with Gasteiger partial charge in [0.25, 0.3) is 0 Å². The highest BCUT2D eigenvalue weighted by molar-refractivity contribution is 5.63. The lowest BCUT2D eigenvalue weighted by Crippen LogP contribution is -2.15. The average Bonchev–Trinajstić information content (AvgIpc) is 3.05. The first-order valence-corrected chi connectivity index (χ1v) is 6.61. The molecule has 0 saturated carbocycles. The number of ether oxygens (including phenoxy) is 2. The van der Waals surface area contributed by atoms with Crippen LogP contribution in [-0.2, 0) is 0 Å². The van der Waals surface area contributed by atoms with Gasteiger partial charge < -0.3 is 9.47 Å². The third kappa shape index (κ3) is 2.10. The maximum atomic E-state index is 5.62. The van der Waals surface area contributed by atoms with Gasteiger partial charge >= 0.3 is 0 Å². The summed E-state index contributed by atoms with van der Waals surface area (Å²) < 4.78 is 13.1. The fourth-order valence-electron chi connectivity index (χ4n) is 2.31. The molecule has 6 heteroatoms. The lowest BCUT2D eigenvalue weighted by Gasteiger charge is -2.18. The molecule has 0 saturated heterocycles. The number of hydrogen-bond donors (Lipinski definition) is 0. The second kappa shape index (κ2) is 4.90. The van der Waals surface area contributed by atoms with Crippen molar-refractivity contribution in [1.29, 1.82) is 0 Å². The van der Waals surface area contributed by atoms with Crippen LogP contribution in [0.4, 0.5) is 0 Å². The Hall–Kier alpha value is -2.89. The second-order valence-electron chi connectivity index (χ2n) is 4.55. The molecule has 0 fully saturated rings. The van der Waals surface area contributed by atoms with E-state index in [1.165, 1.54) is 6.33 Å². The summed E-state index contributed by atoms with van der Waals surface area (Å²) in [5.41, 5.74) is 0.947. The molecule has 0 unspecified atom stereocenters. The Bertz CT molecular complexity index is 770. The number of hydrogen-bond acceptors (Lipinski definition) is 5. The monoisotopic (exact) mass is 280 g/mol. The smallest absolute Gasteiger partial charge is 0.162 e. The van der Waals surface area contributed by atoms with Crippen LogP contribution in [0.25, 0.3) is 17.2 Å². The van der Waals surface area contributed by atoms with Gasteiger partial charge in [-0.2, -0.15) is 0 Å². The molecular formula is C15H12N4O2. The predicted molar refractivity (Wildman–Crippen MR) is 75.6 cm³/mol. The van der Waals surface area contributed by atoms with Gasteiger partial charge in [0.15, 0.2) is 11.5 Å². The largest absolute Gasteiger partial charge is 0.486 e. The number of aromatic nitrogens is 4. The molecule has 0 bridgehead atoms. The Morgan fingerprint density at radius 2 is 1.86 bits per heavy atom. The van der Waals surface area contributed by atoms with Crippen molar-refractivity contribution in [2.45, 2.75) is 0 Å². The lowest BCUT2D eigenvalue weighted by molar-refractivity contribution is 0.171. The van der Waals surface area contributed by atoms with Gasteiger partial charge in [0.05, 0.1) is 0 Å². The third-order valence-electron chi connectivity index (χ3n) is 3.25. The fourth-order valence-corrected chi connectivity index (χ4v) is 2.31. The standard InChI is InChI=1S/C15H12N4O2/c1-2-12-13(21-8-7-20-12)9-11(1)15-17-5-6-19(15)14-3-4-16-10-18-14/h1-6,9-10H,7-8H2. The Balaban J connectivity index is 1.80. The zero-order valence-electron chi connectivity index (χ0n) is 11.1. The maximum absolute atomic E-state index is 5.62. The quantitative estimate of drug-likeness (QED) is 0.719. The van der Waals surface area contributed by atoms with Crippen molar-refractivity contribution in [2.75, 3.05) is 13.2 Å². The number of rotatable bonds is 2. The lowest BCUT2D eigenvalue weighted by atomic mass is 10.2. The summed E-state index contributed by atoms with van der Waals surface area (Å²) in [5, 5.41) is 0. The summed E-state index contributed by atoms with van der Waals surface area (Å²) in [4.78, 5) is 12.6. The van der Waals surface area contributed by atoms with Crippen molar-refractivity contribution in [1.82, 2.24) is 19.5 Å². The van der Waals surface area contributed by atoms with Crippen LogP contribution < -0.4 is 9.47 Å². The second-order valence-corrected chi connectivity index (χ2v) is 4.55. The third-order valence-corrected chi connectivity index (χ3v) is 3.25. The van der Waals surface area contributed by atoms with Crippen LogP contribution in [-0.4, -0.2) is 32.7 Å². The molecule has 1 aromatic carbocycles. The minimum atomic E-state index is 0.566. The molecule has 6 nitrogen and oxygen atoms in total. The first kappa shape index (κ1) is 11.9. The zero-order chi connectivity index (χ0) is 14.1. The van der Waals surface area contributed by atoms with Crippen LogP contribution in [0.3, 0.4) is 0 Å². The van der Waals surface area contributed by atoms with Crippen molar-refractivity contribution < 1.29 is 9.47 Å². The summed E-state index contributed by atoms with van der Waals surface area (Å²) in [6.07, 6.45) is 6.83. The molecule has 4 rings (SSSR count). The van der Waals surface area contributed by atoms with E-state index in [9.17, 15) is 0 Å². The molecule has 0 N–H and O–H groups in total. The number of nitrogens with zero attached hydrogens (tertiary/aromatic N) is 4. The minimum Gasteiger partial charge on any atom is -0.486 e. The average molecular weight is 280 g/mol. The minimum absolute atomic E-state index is 0.566. The maximum Gasteiger partial charge on any atom is 0.162 e. The first-order chi connectivity index (χ1) is 10.4. The fraction of sp³-hybridized carbons (Fsp3) is 0.133. The molecule has 21 heavy (non-hydrogen) atoms. The van der Waals surface area contributed by atoms with Crippen molar-refractivity contribution in [3.05, 3.63) is 49.2 Å². The summed E-state index contributed by atoms with van der Waals surface area (Å²) >= 11 is 0. The number of imidazole rings is 1. The Kier molecular flexibility index (Phi) is 2.77. The van der Waals surface area contributed by atoms with Gasteiger partial charge in [0, 0.05) is 24.2 Å². The van der Waals surface area contributed by atoms with E-state index in [0.29, 0.717) is 13.2 Å². The number of benzene rings is 1. The van der Waals surface area contributed by atoms with E-state index < -0.39 is 0 Å². The van der Waals surface area contributed by atoms with Crippen molar-refractivity contribution in [3.8, 4) is 28.7 Å². The molecule has 2 aromatic heterocycles. The van der Waals surface area contributed by atoms with Crippen LogP contribution in [0.2, 0.25) is 0 Å². The van der Waals surface area contributed by atoms with Crippen LogP contribution in [0.1, 0.15) is 0 Å². The molecule has 0 aliphatic carbocycles. The normalized spacial score (nSPS) is 13.1. The van der Waals surface area contributed by atoms with Crippen molar-refractivity contribution in [3.63, 3.8) is 0 Å². The molecule has 0 amide bonds. The Labute approximate surface area is 121 Å². The first-order valence-electron chi connectivity index (χ1n) is 6.61. The van der Waals surface area contributed by atoms with Gasteiger partial charge in [0.1, 0.15) is 31.2 Å². The molecule has 0 atom stereocenters. The highest BCUT2D eigenvalue weighted by Gasteiger charge is 2.15. The Morgan fingerprint density at radius 1 is 0.952 bits per heavy atom. The van der Waals surface area contributed by atoms with E-state index >= 15 is 0 Å². The highest BCUT2D eigenvalue weighted by Crippen LogP contribution is 2.34. The van der Waals surface area contributed by atoms with Crippen LogP contribution >= 0.6 is 0 Å². The van der Waals surface area contributed by atoms with E-state index in [-0.39, 0.29) is 0 Å². The molecule has 0 spiro atoms. The van der Waals surface area contributed by atoms with E-state index in [1.54, 1.807) is 12.4 Å². The molecule has 1 aliphatic rings. The predicted octanol–water partition coefficient (Wildman–Crippen LogP) is 2.10.